The summed E-state index contributed by atoms with van der Waals surface area (Å²) in [6.07, 6.45) is -4.21. The minimum atomic E-state index is -4.21. The van der Waals surface area contributed by atoms with Crippen LogP contribution in [0.3, 0.4) is 0 Å². The van der Waals surface area contributed by atoms with Gasteiger partial charge in [0.25, 0.3) is 0 Å². The first kappa shape index (κ1) is 24.9. The van der Waals surface area contributed by atoms with E-state index in [0.717, 1.165) is 22.4 Å². The van der Waals surface area contributed by atoms with Gasteiger partial charge in [-0.15, -0.1) is 12.6 Å². The molecule has 172 valence electrons. The highest BCUT2D eigenvalue weighted by Crippen LogP contribution is 2.28. The number of hydrogen-bond donors (Lipinski definition) is 1. The summed E-state index contributed by atoms with van der Waals surface area (Å²) >= 11 is 4.13. The maximum atomic E-state index is 11.8. The van der Waals surface area contributed by atoms with E-state index in [1.165, 1.54) is 29.3 Å². The van der Waals surface area contributed by atoms with Crippen LogP contribution in [0.25, 0.3) is 22.1 Å². The topological polar surface area (TPSA) is 30.2 Å². The fourth-order valence-corrected chi connectivity index (χ4v) is 3.13. The van der Waals surface area contributed by atoms with Gasteiger partial charge in [0.15, 0.2) is 0 Å². The molecule has 1 aromatic heterocycles. The Balaban J connectivity index is 0.000000144. The minimum Gasteiger partial charge on any atom is -0.423 e. The molecule has 5 rings (SSSR count). The fraction of sp³-hybridized carbons (Fsp3) is 0.0357. The molecule has 34 heavy (non-hydrogen) atoms. The molecule has 0 atom stereocenters. The number of thiol groups is 1. The number of benzene rings is 4. The second kappa shape index (κ2) is 11.9. The van der Waals surface area contributed by atoms with Crippen LogP contribution in [0.2, 0.25) is 0 Å². The van der Waals surface area contributed by atoms with Crippen molar-refractivity contribution < 1.29 is 17.6 Å². The maximum absolute atomic E-state index is 11.8. The van der Waals surface area contributed by atoms with Crippen LogP contribution in [0.15, 0.2) is 135 Å². The molecule has 5 aromatic rings. The first-order chi connectivity index (χ1) is 16.3. The van der Waals surface area contributed by atoms with Crippen molar-refractivity contribution in [3.8, 4) is 11.1 Å². The van der Waals surface area contributed by atoms with E-state index in [4.69, 9.17) is 4.42 Å². The van der Waals surface area contributed by atoms with Crippen LogP contribution in [-0.2, 0) is 6.18 Å². The largest absolute Gasteiger partial charge is 0.423 e. The molecular weight excluding hydrogens is 457 g/mol. The van der Waals surface area contributed by atoms with E-state index in [2.05, 4.69) is 61.2 Å². The zero-order valence-electron chi connectivity index (χ0n) is 17.9. The minimum absolute atomic E-state index is 0.332. The molecule has 0 bridgehead atoms. The Morgan fingerprint density at radius 1 is 0.618 bits per heavy atom. The monoisotopic (exact) mass is 478 g/mol. The van der Waals surface area contributed by atoms with Crippen LogP contribution in [-0.4, -0.2) is 0 Å². The Morgan fingerprint density at radius 3 is 1.56 bits per heavy atom. The van der Waals surface area contributed by atoms with Gasteiger partial charge in [-0.25, -0.2) is 4.79 Å². The van der Waals surface area contributed by atoms with Crippen molar-refractivity contribution in [2.24, 2.45) is 0 Å². The van der Waals surface area contributed by atoms with E-state index in [0.29, 0.717) is 5.58 Å². The van der Waals surface area contributed by atoms with Crippen molar-refractivity contribution in [2.75, 3.05) is 0 Å². The zero-order valence-corrected chi connectivity index (χ0v) is 18.8. The summed E-state index contributed by atoms with van der Waals surface area (Å²) in [5, 5.41) is 0.910. The summed E-state index contributed by atoms with van der Waals surface area (Å²) in [4.78, 5) is 11.6. The first-order valence-electron chi connectivity index (χ1n) is 10.3. The van der Waals surface area contributed by atoms with E-state index in [1.807, 2.05) is 24.3 Å². The van der Waals surface area contributed by atoms with Crippen molar-refractivity contribution in [1.29, 1.82) is 0 Å². The van der Waals surface area contributed by atoms with Gasteiger partial charge in [-0.05, 0) is 29.3 Å². The lowest BCUT2D eigenvalue weighted by molar-refractivity contribution is -0.137. The second-order valence-corrected chi connectivity index (χ2v) is 7.59. The number of fused-ring (bicyclic) bond motifs is 1. The molecule has 0 aliphatic carbocycles. The molecule has 2 nitrogen and oxygen atoms in total. The molecule has 0 spiro atoms. The van der Waals surface area contributed by atoms with Gasteiger partial charge < -0.3 is 4.42 Å². The first-order valence-corrected chi connectivity index (χ1v) is 10.7. The number of rotatable bonds is 1. The summed E-state index contributed by atoms with van der Waals surface area (Å²) in [6.45, 7) is 0. The Bertz CT molecular complexity index is 1310. The molecule has 0 fully saturated rings. The average molecular weight is 479 g/mol. The van der Waals surface area contributed by atoms with Crippen molar-refractivity contribution in [3.63, 3.8) is 0 Å². The summed E-state index contributed by atoms with van der Waals surface area (Å²) in [6, 6.07) is 35.7. The Labute approximate surface area is 200 Å². The van der Waals surface area contributed by atoms with Crippen LogP contribution in [0.4, 0.5) is 13.2 Å². The normalized spacial score (nSPS) is 10.5. The lowest BCUT2D eigenvalue weighted by Crippen LogP contribution is -2.03. The zero-order chi connectivity index (χ0) is 24.4. The summed E-state index contributed by atoms with van der Waals surface area (Å²) < 4.78 is 40.3. The molecule has 4 aromatic carbocycles. The lowest BCUT2D eigenvalue weighted by atomic mass is 10.1. The van der Waals surface area contributed by atoms with E-state index in [1.54, 1.807) is 18.2 Å². The molecule has 1 heterocycles. The third-order valence-corrected chi connectivity index (χ3v) is 4.87. The number of halogens is 3. The summed E-state index contributed by atoms with van der Waals surface area (Å²) in [5.74, 6) is 0. The maximum Gasteiger partial charge on any atom is 0.416 e. The van der Waals surface area contributed by atoms with E-state index < -0.39 is 11.7 Å². The molecule has 0 unspecified atom stereocenters. The predicted molar refractivity (Wildman–Crippen MR) is 133 cm³/mol. The van der Waals surface area contributed by atoms with Gasteiger partial charge in [0.2, 0.25) is 0 Å². The molecule has 0 N–H and O–H groups in total. The highest BCUT2D eigenvalue weighted by Gasteiger charge is 2.29. The quantitative estimate of drug-likeness (QED) is 0.195. The molecule has 0 saturated heterocycles. The van der Waals surface area contributed by atoms with Gasteiger partial charge in [0.1, 0.15) is 5.58 Å². The summed E-state index contributed by atoms with van der Waals surface area (Å²) in [5.41, 5.74) is 2.20. The van der Waals surface area contributed by atoms with Gasteiger partial charge in [-0.1, -0.05) is 97.1 Å². The van der Waals surface area contributed by atoms with Gasteiger partial charge in [-0.3, -0.25) is 0 Å². The highest BCUT2D eigenvalue weighted by molar-refractivity contribution is 7.80. The highest BCUT2D eigenvalue weighted by atomic mass is 32.1. The van der Waals surface area contributed by atoms with E-state index >= 15 is 0 Å². The molecule has 0 saturated carbocycles. The van der Waals surface area contributed by atoms with Crippen molar-refractivity contribution >= 4 is 23.6 Å². The standard InChI is InChI=1S/C12H10.C9H6O2S.C7H5F3/c1-3-7-11(8-4-1)12-9-5-2-6-10-12;10-9-4-2-6-1-3-7(12)5-8(6)11-9;8-7(9,10)6-4-2-1-3-5-6/h1-10H;1-5,12H;1-5H. The SMILES string of the molecule is FC(F)(F)c1ccccc1.O=c1ccc2ccc(S)cc2o1.c1ccc(-c2ccccc2)cc1. The van der Waals surface area contributed by atoms with E-state index in [9.17, 15) is 18.0 Å². The molecule has 0 radical (unpaired) electrons. The van der Waals surface area contributed by atoms with Crippen LogP contribution in [0, 0.1) is 0 Å². The molecule has 0 amide bonds. The van der Waals surface area contributed by atoms with E-state index in [-0.39, 0.29) is 5.63 Å². The Kier molecular flexibility index (Phi) is 8.71. The third kappa shape index (κ3) is 7.67. The lowest BCUT2D eigenvalue weighted by Gasteiger charge is -2.03. The summed E-state index contributed by atoms with van der Waals surface area (Å²) in [7, 11) is 0. The molecule has 0 aliphatic heterocycles. The molecule has 0 aliphatic rings. The molecule has 6 heteroatoms. The van der Waals surface area contributed by atoms with Gasteiger partial charge in [-0.2, -0.15) is 13.2 Å². The smallest absolute Gasteiger partial charge is 0.416 e. The third-order valence-electron chi connectivity index (χ3n) is 4.59. The van der Waals surface area contributed by atoms with Gasteiger partial charge >= 0.3 is 11.8 Å². The second-order valence-electron chi connectivity index (χ2n) is 7.07. The van der Waals surface area contributed by atoms with Crippen LogP contribution in [0.5, 0.6) is 0 Å². The van der Waals surface area contributed by atoms with Crippen molar-refractivity contribution in [2.45, 2.75) is 11.1 Å². The predicted octanol–water partition coefficient (Wildman–Crippen LogP) is 8.14. The van der Waals surface area contributed by atoms with Crippen molar-refractivity contribution in [3.05, 3.63) is 137 Å². The van der Waals surface area contributed by atoms with Crippen LogP contribution in [0.1, 0.15) is 5.56 Å². The van der Waals surface area contributed by atoms with Gasteiger partial charge in [0, 0.05) is 16.3 Å². The van der Waals surface area contributed by atoms with Gasteiger partial charge in [0.05, 0.1) is 5.56 Å². The Hall–Kier alpha value is -3.77. The average Bonchev–Trinajstić information content (AvgIpc) is 2.86. The number of hydrogen-bond acceptors (Lipinski definition) is 3. The van der Waals surface area contributed by atoms with Crippen LogP contribution >= 0.6 is 12.6 Å². The number of alkyl halides is 3. The Morgan fingerprint density at radius 2 is 1.09 bits per heavy atom. The molecular formula is C28H21F3O2S. The van der Waals surface area contributed by atoms with Crippen LogP contribution < -0.4 is 5.63 Å². The fourth-order valence-electron chi connectivity index (χ4n) is 2.94. The van der Waals surface area contributed by atoms with Crippen molar-refractivity contribution in [1.82, 2.24) is 0 Å².